The van der Waals surface area contributed by atoms with Crippen molar-refractivity contribution < 1.29 is 14.5 Å². The fourth-order valence-electron chi connectivity index (χ4n) is 3.30. The van der Waals surface area contributed by atoms with E-state index < -0.39 is 22.3 Å². The number of nitrogens with zero attached hydrogens (tertiary/aromatic N) is 4. The van der Waals surface area contributed by atoms with Gasteiger partial charge in [0.15, 0.2) is 5.69 Å². The van der Waals surface area contributed by atoms with Gasteiger partial charge in [0.05, 0.1) is 18.1 Å². The Morgan fingerprint density at radius 2 is 1.84 bits per heavy atom. The van der Waals surface area contributed by atoms with Crippen LogP contribution in [0.25, 0.3) is 5.69 Å². The lowest BCUT2D eigenvalue weighted by molar-refractivity contribution is -0.384. The van der Waals surface area contributed by atoms with E-state index in [1.54, 1.807) is 33.2 Å². The van der Waals surface area contributed by atoms with Crippen LogP contribution in [0.3, 0.4) is 0 Å². The lowest BCUT2D eigenvalue weighted by Crippen LogP contribution is -2.35. The van der Waals surface area contributed by atoms with Crippen molar-refractivity contribution in [2.24, 2.45) is 0 Å². The smallest absolute Gasteiger partial charge is 0.294 e. The van der Waals surface area contributed by atoms with Gasteiger partial charge in [-0.15, -0.1) is 0 Å². The minimum atomic E-state index is -0.601. The molecule has 160 valence electrons. The van der Waals surface area contributed by atoms with Crippen LogP contribution in [0.2, 0.25) is 0 Å². The highest BCUT2D eigenvalue weighted by atomic mass is 16.6. The van der Waals surface area contributed by atoms with Crippen LogP contribution in [0.4, 0.5) is 5.69 Å². The number of aryl methyl sites for hydroxylation is 1. The number of carbonyl (C=O) groups excluding carboxylic acids is 1. The predicted octanol–water partition coefficient (Wildman–Crippen LogP) is 3.29. The largest absolute Gasteiger partial charge is 0.496 e. The average molecular weight is 422 g/mol. The molecule has 0 bridgehead atoms. The molecule has 1 amide bonds. The molecule has 0 fully saturated rings. The molecule has 0 N–H and O–H groups in total. The monoisotopic (exact) mass is 422 g/mol. The van der Waals surface area contributed by atoms with Crippen molar-refractivity contribution >= 4 is 11.6 Å². The van der Waals surface area contributed by atoms with Gasteiger partial charge in [0.25, 0.3) is 11.6 Å². The Morgan fingerprint density at radius 1 is 1.19 bits per heavy atom. The minimum Gasteiger partial charge on any atom is -0.496 e. The SMILES string of the molecule is COc1ccccc1C(C)N(C)C(=O)c1nn(-c2ccccc2[N+](=O)[O-])c(C)cc1=O. The van der Waals surface area contributed by atoms with Crippen molar-refractivity contribution in [3.05, 3.63) is 91.9 Å². The van der Waals surface area contributed by atoms with E-state index in [9.17, 15) is 19.7 Å². The Labute approximate surface area is 178 Å². The van der Waals surface area contributed by atoms with Gasteiger partial charge in [0.1, 0.15) is 11.4 Å². The minimum absolute atomic E-state index is 0.166. The number of hydrogen-bond acceptors (Lipinski definition) is 6. The number of para-hydroxylation sites is 3. The Morgan fingerprint density at radius 3 is 2.52 bits per heavy atom. The average Bonchev–Trinajstić information content (AvgIpc) is 2.77. The van der Waals surface area contributed by atoms with Gasteiger partial charge in [-0.2, -0.15) is 5.10 Å². The molecule has 1 aromatic heterocycles. The molecule has 0 aliphatic carbocycles. The number of rotatable bonds is 6. The summed E-state index contributed by atoms with van der Waals surface area (Å²) in [6.07, 6.45) is 0. The fourth-order valence-corrected chi connectivity index (χ4v) is 3.30. The molecule has 31 heavy (non-hydrogen) atoms. The highest BCUT2D eigenvalue weighted by molar-refractivity contribution is 5.92. The van der Waals surface area contributed by atoms with Crippen LogP contribution >= 0.6 is 0 Å². The van der Waals surface area contributed by atoms with Crippen LogP contribution in [0.5, 0.6) is 5.75 Å². The molecule has 1 atom stereocenters. The zero-order valence-corrected chi connectivity index (χ0v) is 17.6. The molecule has 0 radical (unpaired) electrons. The Balaban J connectivity index is 2.05. The van der Waals surface area contributed by atoms with Gasteiger partial charge in [0.2, 0.25) is 5.43 Å². The maximum absolute atomic E-state index is 13.2. The number of amides is 1. The van der Waals surface area contributed by atoms with E-state index in [1.165, 1.54) is 33.8 Å². The van der Waals surface area contributed by atoms with Crippen LogP contribution < -0.4 is 10.2 Å². The van der Waals surface area contributed by atoms with Crippen molar-refractivity contribution in [3.63, 3.8) is 0 Å². The van der Waals surface area contributed by atoms with Gasteiger partial charge in [-0.05, 0) is 26.0 Å². The number of carbonyl (C=O) groups is 1. The molecule has 3 aromatic rings. The quantitative estimate of drug-likeness (QED) is 0.446. The van der Waals surface area contributed by atoms with Gasteiger partial charge >= 0.3 is 0 Å². The normalized spacial score (nSPS) is 11.6. The maximum atomic E-state index is 13.2. The molecule has 0 spiro atoms. The fraction of sp³-hybridized carbons (Fsp3) is 0.227. The van der Waals surface area contributed by atoms with Crippen molar-refractivity contribution in [1.82, 2.24) is 14.7 Å². The second-order valence-corrected chi connectivity index (χ2v) is 6.99. The van der Waals surface area contributed by atoms with E-state index in [2.05, 4.69) is 5.10 Å². The summed E-state index contributed by atoms with van der Waals surface area (Å²) >= 11 is 0. The lowest BCUT2D eigenvalue weighted by atomic mass is 10.1. The van der Waals surface area contributed by atoms with Gasteiger partial charge in [0, 0.05) is 30.4 Å². The van der Waals surface area contributed by atoms with E-state index in [4.69, 9.17) is 4.74 Å². The first-order chi connectivity index (χ1) is 14.8. The third-order valence-corrected chi connectivity index (χ3v) is 5.11. The molecule has 9 nitrogen and oxygen atoms in total. The zero-order valence-electron chi connectivity index (χ0n) is 17.6. The van der Waals surface area contributed by atoms with Gasteiger partial charge in [-0.1, -0.05) is 30.3 Å². The van der Waals surface area contributed by atoms with E-state index >= 15 is 0 Å². The molecular formula is C22H22N4O5. The lowest BCUT2D eigenvalue weighted by Gasteiger charge is -2.26. The Hall–Kier alpha value is -4.01. The molecule has 0 saturated carbocycles. The second kappa shape index (κ2) is 8.78. The third kappa shape index (κ3) is 4.16. The number of nitro benzene ring substituents is 1. The van der Waals surface area contributed by atoms with Gasteiger partial charge in [-0.25, -0.2) is 4.68 Å². The molecule has 3 rings (SSSR count). The molecule has 1 heterocycles. The van der Waals surface area contributed by atoms with E-state index in [-0.39, 0.29) is 17.1 Å². The number of ether oxygens (including phenoxy) is 1. The van der Waals surface area contributed by atoms with Crippen LogP contribution in [0.1, 0.15) is 34.7 Å². The number of benzene rings is 2. The summed E-state index contributed by atoms with van der Waals surface area (Å²) < 4.78 is 6.62. The first-order valence-corrected chi connectivity index (χ1v) is 9.51. The first-order valence-electron chi connectivity index (χ1n) is 9.51. The summed E-state index contributed by atoms with van der Waals surface area (Å²) in [5.41, 5.74) is 0.239. The van der Waals surface area contributed by atoms with Crippen LogP contribution in [-0.4, -0.2) is 39.7 Å². The van der Waals surface area contributed by atoms with Gasteiger partial charge < -0.3 is 9.64 Å². The number of methoxy groups -OCH3 is 1. The van der Waals surface area contributed by atoms with E-state index in [0.717, 1.165) is 5.56 Å². The predicted molar refractivity (Wildman–Crippen MR) is 115 cm³/mol. The molecule has 1 unspecified atom stereocenters. The second-order valence-electron chi connectivity index (χ2n) is 6.99. The molecule has 9 heteroatoms. The molecular weight excluding hydrogens is 400 g/mol. The summed E-state index contributed by atoms with van der Waals surface area (Å²) in [6.45, 7) is 3.41. The summed E-state index contributed by atoms with van der Waals surface area (Å²) in [4.78, 5) is 38.0. The van der Waals surface area contributed by atoms with E-state index in [0.29, 0.717) is 11.4 Å². The number of nitro groups is 1. The molecule has 0 aliphatic heterocycles. The summed E-state index contributed by atoms with van der Waals surface area (Å²) in [7, 11) is 3.11. The zero-order chi connectivity index (χ0) is 22.7. The molecule has 0 saturated heterocycles. The third-order valence-electron chi connectivity index (χ3n) is 5.11. The van der Waals surface area contributed by atoms with Crippen LogP contribution in [0, 0.1) is 17.0 Å². The maximum Gasteiger partial charge on any atom is 0.294 e. The summed E-state index contributed by atoms with van der Waals surface area (Å²) in [5, 5.41) is 15.6. The van der Waals surface area contributed by atoms with Crippen molar-refractivity contribution in [1.29, 1.82) is 0 Å². The topological polar surface area (TPSA) is 108 Å². The van der Waals surface area contributed by atoms with Crippen molar-refractivity contribution in [3.8, 4) is 11.4 Å². The van der Waals surface area contributed by atoms with Crippen molar-refractivity contribution in [2.75, 3.05) is 14.2 Å². The number of aromatic nitrogens is 2. The highest BCUT2D eigenvalue weighted by Gasteiger charge is 2.26. The highest BCUT2D eigenvalue weighted by Crippen LogP contribution is 2.29. The first kappa shape index (κ1) is 21.7. The van der Waals surface area contributed by atoms with Crippen LogP contribution in [0.15, 0.2) is 59.4 Å². The Kier molecular flexibility index (Phi) is 6.15. The van der Waals surface area contributed by atoms with Crippen molar-refractivity contribution in [2.45, 2.75) is 19.9 Å². The molecule has 0 aliphatic rings. The van der Waals surface area contributed by atoms with Crippen LogP contribution in [-0.2, 0) is 0 Å². The number of hydrogen-bond donors (Lipinski definition) is 0. The summed E-state index contributed by atoms with van der Waals surface area (Å²) in [5.74, 6) is 0.0135. The molecule has 2 aromatic carbocycles. The Bertz CT molecular complexity index is 1200. The standard InChI is InChI=1S/C22H22N4O5/c1-14-13-19(27)21(23-25(14)17-10-6-7-11-18(17)26(29)30)22(28)24(3)15(2)16-9-5-8-12-20(16)31-4/h5-13,15H,1-4H3. The van der Waals surface area contributed by atoms with E-state index in [1.807, 2.05) is 25.1 Å². The van der Waals surface area contributed by atoms with Gasteiger partial charge in [-0.3, -0.25) is 19.7 Å². The summed E-state index contributed by atoms with van der Waals surface area (Å²) in [6, 6.07) is 14.1.